The number of benzene rings is 1. The molecule has 0 heterocycles. The Morgan fingerprint density at radius 3 is 2.25 bits per heavy atom. The summed E-state index contributed by atoms with van der Waals surface area (Å²) in [4.78, 5) is -0.243. The highest BCUT2D eigenvalue weighted by atomic mass is 35.5. The Balaban J connectivity index is 3.14. The molecule has 0 fully saturated rings. The molecule has 0 aliphatic heterocycles. The first-order valence-electron chi connectivity index (χ1n) is 4.33. The molecule has 0 amide bonds. The van der Waals surface area contributed by atoms with Crippen LogP contribution < -0.4 is 0 Å². The molecule has 0 N–H and O–H groups in total. The SMILES string of the molecule is CCc1ccccc1C(C)(C)Cl. The van der Waals surface area contributed by atoms with E-state index in [-0.39, 0.29) is 4.87 Å². The molecule has 0 saturated carbocycles. The average Bonchev–Trinajstić information content (AvgIpc) is 2.03. The van der Waals surface area contributed by atoms with Crippen molar-refractivity contribution in [3.05, 3.63) is 35.4 Å². The van der Waals surface area contributed by atoms with Crippen molar-refractivity contribution < 1.29 is 0 Å². The van der Waals surface area contributed by atoms with Crippen molar-refractivity contribution in [3.63, 3.8) is 0 Å². The van der Waals surface area contributed by atoms with Crippen molar-refractivity contribution in [2.75, 3.05) is 0 Å². The lowest BCUT2D eigenvalue weighted by molar-refractivity contribution is 0.751. The fourth-order valence-corrected chi connectivity index (χ4v) is 1.59. The Kier molecular flexibility index (Phi) is 2.79. The Hall–Kier alpha value is -0.490. The second-order valence-corrected chi connectivity index (χ2v) is 4.43. The number of aryl methyl sites for hydroxylation is 1. The van der Waals surface area contributed by atoms with E-state index in [0.29, 0.717) is 0 Å². The van der Waals surface area contributed by atoms with Crippen molar-refractivity contribution >= 4 is 11.6 Å². The van der Waals surface area contributed by atoms with Crippen LogP contribution in [0.4, 0.5) is 0 Å². The summed E-state index contributed by atoms with van der Waals surface area (Å²) in [6.07, 6.45) is 1.05. The Morgan fingerprint density at radius 2 is 1.83 bits per heavy atom. The van der Waals surface area contributed by atoms with Gasteiger partial charge in [0.15, 0.2) is 0 Å². The van der Waals surface area contributed by atoms with Crippen molar-refractivity contribution in [1.29, 1.82) is 0 Å². The molecule has 0 unspecified atom stereocenters. The van der Waals surface area contributed by atoms with Gasteiger partial charge in [0.25, 0.3) is 0 Å². The Morgan fingerprint density at radius 1 is 1.25 bits per heavy atom. The van der Waals surface area contributed by atoms with Gasteiger partial charge < -0.3 is 0 Å². The lowest BCUT2D eigenvalue weighted by Crippen LogP contribution is -2.10. The monoisotopic (exact) mass is 182 g/mol. The third kappa shape index (κ3) is 2.01. The van der Waals surface area contributed by atoms with Crippen LogP contribution in [-0.2, 0) is 11.3 Å². The molecule has 0 radical (unpaired) electrons. The maximum atomic E-state index is 6.24. The first-order chi connectivity index (χ1) is 5.55. The topological polar surface area (TPSA) is 0 Å². The van der Waals surface area contributed by atoms with Gasteiger partial charge in [-0.05, 0) is 31.4 Å². The molecule has 1 aromatic rings. The highest BCUT2D eigenvalue weighted by molar-refractivity contribution is 6.23. The van der Waals surface area contributed by atoms with Gasteiger partial charge in [0, 0.05) is 0 Å². The predicted octanol–water partition coefficient (Wildman–Crippen LogP) is 3.72. The standard InChI is InChI=1S/C11H15Cl/c1-4-9-7-5-6-8-10(9)11(2,3)12/h5-8H,4H2,1-3H3. The van der Waals surface area contributed by atoms with Gasteiger partial charge in [-0.1, -0.05) is 31.2 Å². The summed E-state index contributed by atoms with van der Waals surface area (Å²) in [6.45, 7) is 6.22. The molecule has 0 atom stereocenters. The molecule has 66 valence electrons. The lowest BCUT2D eigenvalue weighted by atomic mass is 9.95. The quantitative estimate of drug-likeness (QED) is 0.612. The molecule has 1 rings (SSSR count). The van der Waals surface area contributed by atoms with E-state index in [1.54, 1.807) is 0 Å². The number of hydrogen-bond acceptors (Lipinski definition) is 0. The van der Waals surface area contributed by atoms with Gasteiger partial charge in [-0.15, -0.1) is 11.6 Å². The summed E-state index contributed by atoms with van der Waals surface area (Å²) in [6, 6.07) is 8.34. The minimum atomic E-state index is -0.243. The van der Waals surface area contributed by atoms with Crippen LogP contribution in [0.15, 0.2) is 24.3 Å². The van der Waals surface area contributed by atoms with Gasteiger partial charge in [0.2, 0.25) is 0 Å². The van der Waals surface area contributed by atoms with Crippen LogP contribution in [0, 0.1) is 0 Å². The predicted molar refractivity (Wildman–Crippen MR) is 54.7 cm³/mol. The second kappa shape index (κ2) is 3.49. The number of halogens is 1. The zero-order valence-corrected chi connectivity index (χ0v) is 8.65. The first kappa shape index (κ1) is 9.60. The normalized spacial score (nSPS) is 11.7. The fourth-order valence-electron chi connectivity index (χ4n) is 1.41. The van der Waals surface area contributed by atoms with E-state index in [1.165, 1.54) is 11.1 Å². The van der Waals surface area contributed by atoms with Crippen molar-refractivity contribution in [2.45, 2.75) is 32.1 Å². The summed E-state index contributed by atoms with van der Waals surface area (Å²) >= 11 is 6.24. The smallest absolute Gasteiger partial charge is 0.0641 e. The van der Waals surface area contributed by atoms with E-state index < -0.39 is 0 Å². The summed E-state index contributed by atoms with van der Waals surface area (Å²) in [5.74, 6) is 0. The molecule has 0 aliphatic carbocycles. The highest BCUT2D eigenvalue weighted by Gasteiger charge is 2.18. The van der Waals surface area contributed by atoms with Gasteiger partial charge in [0.1, 0.15) is 0 Å². The van der Waals surface area contributed by atoms with Gasteiger partial charge in [-0.25, -0.2) is 0 Å². The largest absolute Gasteiger partial charge is 0.115 e. The third-order valence-electron chi connectivity index (χ3n) is 2.04. The van der Waals surface area contributed by atoms with Crippen molar-refractivity contribution in [3.8, 4) is 0 Å². The van der Waals surface area contributed by atoms with Crippen LogP contribution in [-0.4, -0.2) is 0 Å². The van der Waals surface area contributed by atoms with Crippen LogP contribution in [0.5, 0.6) is 0 Å². The first-order valence-corrected chi connectivity index (χ1v) is 4.70. The Labute approximate surface area is 79.6 Å². The summed E-state index contributed by atoms with van der Waals surface area (Å²) in [5.41, 5.74) is 2.59. The Bertz CT molecular complexity index is 258. The summed E-state index contributed by atoms with van der Waals surface area (Å²) < 4.78 is 0. The van der Waals surface area contributed by atoms with Crippen molar-refractivity contribution in [2.24, 2.45) is 0 Å². The van der Waals surface area contributed by atoms with Crippen LogP contribution in [0.25, 0.3) is 0 Å². The molecule has 0 aromatic heterocycles. The molecule has 1 heteroatoms. The van der Waals surface area contributed by atoms with Crippen LogP contribution in [0.1, 0.15) is 31.9 Å². The van der Waals surface area contributed by atoms with Gasteiger partial charge in [-0.2, -0.15) is 0 Å². The van der Waals surface area contributed by atoms with E-state index >= 15 is 0 Å². The van der Waals surface area contributed by atoms with Crippen LogP contribution in [0.3, 0.4) is 0 Å². The van der Waals surface area contributed by atoms with E-state index in [4.69, 9.17) is 11.6 Å². The fraction of sp³-hybridized carbons (Fsp3) is 0.455. The maximum absolute atomic E-state index is 6.24. The lowest BCUT2D eigenvalue weighted by Gasteiger charge is -2.19. The highest BCUT2D eigenvalue weighted by Crippen LogP contribution is 2.30. The van der Waals surface area contributed by atoms with Crippen LogP contribution >= 0.6 is 11.6 Å². The van der Waals surface area contributed by atoms with Gasteiger partial charge >= 0.3 is 0 Å². The number of hydrogen-bond donors (Lipinski definition) is 0. The van der Waals surface area contributed by atoms with Crippen molar-refractivity contribution in [1.82, 2.24) is 0 Å². The van der Waals surface area contributed by atoms with E-state index in [9.17, 15) is 0 Å². The van der Waals surface area contributed by atoms with Gasteiger partial charge in [-0.3, -0.25) is 0 Å². The molecule has 0 spiro atoms. The maximum Gasteiger partial charge on any atom is 0.0641 e. The van der Waals surface area contributed by atoms with Crippen LogP contribution in [0.2, 0.25) is 0 Å². The average molecular weight is 183 g/mol. The zero-order valence-electron chi connectivity index (χ0n) is 7.89. The molecular weight excluding hydrogens is 168 g/mol. The minimum absolute atomic E-state index is 0.243. The number of rotatable bonds is 2. The second-order valence-electron chi connectivity index (χ2n) is 3.48. The zero-order chi connectivity index (χ0) is 9.19. The molecule has 0 saturated heterocycles. The number of alkyl halides is 1. The molecule has 12 heavy (non-hydrogen) atoms. The minimum Gasteiger partial charge on any atom is -0.115 e. The molecule has 0 aliphatic rings. The summed E-state index contributed by atoms with van der Waals surface area (Å²) in [5, 5.41) is 0. The van der Waals surface area contributed by atoms with E-state index in [0.717, 1.165) is 6.42 Å². The molecular formula is C11H15Cl. The van der Waals surface area contributed by atoms with E-state index in [2.05, 4.69) is 25.1 Å². The molecule has 0 bridgehead atoms. The van der Waals surface area contributed by atoms with E-state index in [1.807, 2.05) is 19.9 Å². The molecule has 0 nitrogen and oxygen atoms in total. The third-order valence-corrected chi connectivity index (χ3v) is 2.24. The molecule has 1 aromatic carbocycles. The van der Waals surface area contributed by atoms with Gasteiger partial charge in [0.05, 0.1) is 4.87 Å². The summed E-state index contributed by atoms with van der Waals surface area (Å²) in [7, 11) is 0.